The molecular formula is C16H14F4N2O4. The van der Waals surface area contributed by atoms with E-state index in [9.17, 15) is 27.2 Å². The van der Waals surface area contributed by atoms with Crippen molar-refractivity contribution in [2.24, 2.45) is 0 Å². The molecule has 0 amide bonds. The number of alkyl halides is 4. The Morgan fingerprint density at radius 3 is 1.88 bits per heavy atom. The lowest BCUT2D eigenvalue weighted by molar-refractivity contribution is 0.0525. The number of hydrogen-bond acceptors (Lipinski definition) is 5. The van der Waals surface area contributed by atoms with Crippen LogP contribution in [0.4, 0.5) is 17.6 Å². The number of carboxylic acid groups (broad SMARTS) is 1. The first-order valence-corrected chi connectivity index (χ1v) is 7.14. The number of hydrogen-bond donors (Lipinski definition) is 1. The molecule has 2 heterocycles. The number of ether oxygens (including phenoxy) is 1. The van der Waals surface area contributed by atoms with Crippen molar-refractivity contribution in [2.45, 2.75) is 19.8 Å². The van der Waals surface area contributed by atoms with Crippen LogP contribution < -0.4 is 0 Å². The van der Waals surface area contributed by atoms with Gasteiger partial charge in [0.05, 0.1) is 17.7 Å². The maximum absolute atomic E-state index is 12.2. The summed E-state index contributed by atoms with van der Waals surface area (Å²) in [4.78, 5) is 28.2. The third-order valence-corrected chi connectivity index (χ3v) is 2.77. The minimum absolute atomic E-state index is 0.0946. The average Bonchev–Trinajstić information content (AvgIpc) is 2.62. The lowest BCUT2D eigenvalue weighted by atomic mass is 10.2. The molecule has 2 rings (SSSR count). The lowest BCUT2D eigenvalue weighted by Crippen LogP contribution is -2.05. The van der Waals surface area contributed by atoms with Gasteiger partial charge < -0.3 is 9.84 Å². The van der Waals surface area contributed by atoms with Crippen molar-refractivity contribution < 1.29 is 37.0 Å². The van der Waals surface area contributed by atoms with Crippen LogP contribution in [0.15, 0.2) is 36.7 Å². The number of carbonyl (C=O) groups is 2. The smallest absolute Gasteiger partial charge is 0.338 e. The summed E-state index contributed by atoms with van der Waals surface area (Å²) >= 11 is 0. The minimum atomic E-state index is -2.73. The molecular weight excluding hydrogens is 360 g/mol. The topological polar surface area (TPSA) is 89.4 Å². The van der Waals surface area contributed by atoms with E-state index in [4.69, 9.17) is 5.11 Å². The Bertz CT molecular complexity index is 757. The molecule has 0 atom stereocenters. The Balaban J connectivity index is 0.000000263. The predicted octanol–water partition coefficient (Wildman–Crippen LogP) is 3.91. The average molecular weight is 374 g/mol. The molecule has 0 saturated carbocycles. The number of aromatic carboxylic acids is 1. The van der Waals surface area contributed by atoms with E-state index in [0.29, 0.717) is 0 Å². The van der Waals surface area contributed by atoms with Gasteiger partial charge in [0.2, 0.25) is 0 Å². The molecule has 0 radical (unpaired) electrons. The summed E-state index contributed by atoms with van der Waals surface area (Å²) in [6.45, 7) is 1.86. The van der Waals surface area contributed by atoms with Gasteiger partial charge in [-0.25, -0.2) is 27.2 Å². The first kappa shape index (κ1) is 21.0. The van der Waals surface area contributed by atoms with Gasteiger partial charge in [0.15, 0.2) is 0 Å². The zero-order valence-corrected chi connectivity index (χ0v) is 13.4. The largest absolute Gasteiger partial charge is 0.478 e. The zero-order chi connectivity index (χ0) is 19.7. The van der Waals surface area contributed by atoms with Crippen molar-refractivity contribution in [1.82, 2.24) is 9.97 Å². The number of halogens is 4. The second kappa shape index (κ2) is 10.1. The third-order valence-electron chi connectivity index (χ3n) is 2.77. The van der Waals surface area contributed by atoms with E-state index in [1.807, 2.05) is 0 Å². The van der Waals surface area contributed by atoms with Crippen LogP contribution in [0.25, 0.3) is 0 Å². The van der Waals surface area contributed by atoms with Crippen LogP contribution in [0.5, 0.6) is 0 Å². The molecule has 0 spiro atoms. The fourth-order valence-corrected chi connectivity index (χ4v) is 1.61. The quantitative estimate of drug-likeness (QED) is 0.630. The number of rotatable bonds is 5. The van der Waals surface area contributed by atoms with Gasteiger partial charge in [-0.3, -0.25) is 9.97 Å². The van der Waals surface area contributed by atoms with Gasteiger partial charge >= 0.3 is 11.9 Å². The van der Waals surface area contributed by atoms with Crippen LogP contribution >= 0.6 is 0 Å². The van der Waals surface area contributed by atoms with E-state index >= 15 is 0 Å². The van der Waals surface area contributed by atoms with E-state index in [-0.39, 0.29) is 17.7 Å². The van der Waals surface area contributed by atoms with Crippen LogP contribution in [0.1, 0.15) is 51.9 Å². The predicted molar refractivity (Wildman–Crippen MR) is 81.3 cm³/mol. The maximum atomic E-state index is 12.2. The number of nitrogens with zero attached hydrogens (tertiary/aromatic N) is 2. The Kier molecular flexibility index (Phi) is 8.13. The number of aromatic nitrogens is 2. The second-order valence-corrected chi connectivity index (χ2v) is 4.57. The summed E-state index contributed by atoms with van der Waals surface area (Å²) in [6, 6.07) is 4.38. The second-order valence-electron chi connectivity index (χ2n) is 4.57. The number of carbonyl (C=O) groups excluding carboxylic acids is 1. The van der Waals surface area contributed by atoms with Crippen LogP contribution in [-0.4, -0.2) is 33.6 Å². The third kappa shape index (κ3) is 6.46. The van der Waals surface area contributed by atoms with Crippen molar-refractivity contribution in [3.8, 4) is 0 Å². The molecule has 10 heteroatoms. The molecule has 0 aliphatic rings. The number of pyridine rings is 2. The summed E-state index contributed by atoms with van der Waals surface area (Å²) in [6.07, 6.45) is -3.20. The molecule has 0 saturated heterocycles. The summed E-state index contributed by atoms with van der Waals surface area (Å²) in [5.41, 5.74) is -1.03. The van der Waals surface area contributed by atoms with E-state index in [0.717, 1.165) is 30.6 Å². The van der Waals surface area contributed by atoms with Gasteiger partial charge in [0.25, 0.3) is 12.9 Å². The highest BCUT2D eigenvalue weighted by Crippen LogP contribution is 2.17. The molecule has 140 valence electrons. The molecule has 0 aliphatic carbocycles. The van der Waals surface area contributed by atoms with Crippen molar-refractivity contribution in [3.05, 3.63) is 59.2 Å². The van der Waals surface area contributed by atoms with Gasteiger partial charge in [-0.2, -0.15) is 0 Å². The number of esters is 1. The van der Waals surface area contributed by atoms with Gasteiger partial charge in [-0.05, 0) is 31.2 Å². The van der Waals surface area contributed by atoms with E-state index in [1.54, 1.807) is 6.92 Å². The summed E-state index contributed by atoms with van der Waals surface area (Å²) in [7, 11) is 0. The van der Waals surface area contributed by atoms with Crippen LogP contribution in [0, 0.1) is 0 Å². The van der Waals surface area contributed by atoms with Gasteiger partial charge in [0.1, 0.15) is 11.4 Å². The van der Waals surface area contributed by atoms with E-state index < -0.39 is 36.2 Å². The molecule has 1 N–H and O–H groups in total. The monoisotopic (exact) mass is 374 g/mol. The minimum Gasteiger partial charge on any atom is -0.478 e. The molecule has 0 unspecified atom stereocenters. The highest BCUT2D eigenvalue weighted by atomic mass is 19.3. The van der Waals surface area contributed by atoms with Crippen LogP contribution in [-0.2, 0) is 4.74 Å². The molecule has 0 aromatic carbocycles. The molecule has 26 heavy (non-hydrogen) atoms. The van der Waals surface area contributed by atoms with Crippen LogP contribution in [0.3, 0.4) is 0 Å². The van der Waals surface area contributed by atoms with Gasteiger partial charge in [0, 0.05) is 12.4 Å². The highest BCUT2D eigenvalue weighted by Gasteiger charge is 2.13. The summed E-state index contributed by atoms with van der Waals surface area (Å²) in [5, 5.41) is 8.42. The first-order valence-electron chi connectivity index (χ1n) is 7.14. The van der Waals surface area contributed by atoms with Crippen LogP contribution in [0.2, 0.25) is 0 Å². The Morgan fingerprint density at radius 2 is 1.46 bits per heavy atom. The molecule has 6 nitrogen and oxygen atoms in total. The van der Waals surface area contributed by atoms with E-state index in [1.165, 1.54) is 6.07 Å². The molecule has 0 aliphatic heterocycles. The standard InChI is InChI=1S/C9H9F2NO2.C7H5F2NO2/c1-2-14-9(13)6-3-4-12-7(5-6)8(10)11;8-6(9)5-3-4(7(11)12)1-2-10-5/h3-5,8H,2H2,1H3;1-3,6H,(H,11,12). The fourth-order valence-electron chi connectivity index (χ4n) is 1.61. The SMILES string of the molecule is CCOC(=O)c1ccnc(C(F)F)c1.O=C(O)c1ccnc(C(F)F)c1. The van der Waals surface area contributed by atoms with Crippen molar-refractivity contribution in [2.75, 3.05) is 6.61 Å². The van der Waals surface area contributed by atoms with Crippen molar-refractivity contribution in [3.63, 3.8) is 0 Å². The molecule has 0 fully saturated rings. The zero-order valence-electron chi connectivity index (χ0n) is 13.4. The van der Waals surface area contributed by atoms with Gasteiger partial charge in [-0.1, -0.05) is 0 Å². The Morgan fingerprint density at radius 1 is 1.00 bits per heavy atom. The fraction of sp³-hybridized carbons (Fsp3) is 0.250. The molecule has 2 aromatic rings. The van der Waals surface area contributed by atoms with E-state index in [2.05, 4.69) is 14.7 Å². The summed E-state index contributed by atoms with van der Waals surface area (Å²) in [5.74, 6) is -1.85. The molecule has 0 bridgehead atoms. The Hall–Kier alpha value is -3.04. The van der Waals surface area contributed by atoms with Gasteiger partial charge in [-0.15, -0.1) is 0 Å². The normalized spacial score (nSPS) is 10.3. The first-order chi connectivity index (χ1) is 12.3. The van der Waals surface area contributed by atoms with Crippen molar-refractivity contribution >= 4 is 11.9 Å². The molecule has 2 aromatic heterocycles. The highest BCUT2D eigenvalue weighted by molar-refractivity contribution is 5.89. The number of carboxylic acids is 1. The van der Waals surface area contributed by atoms with Crippen molar-refractivity contribution in [1.29, 1.82) is 0 Å². The maximum Gasteiger partial charge on any atom is 0.338 e. The lowest BCUT2D eigenvalue weighted by Gasteiger charge is -2.03. The Labute approximate surface area is 145 Å². The summed E-state index contributed by atoms with van der Waals surface area (Å²) < 4.78 is 52.9.